The Morgan fingerprint density at radius 3 is 2.70 bits per heavy atom. The molecule has 2 aliphatic carbocycles. The highest BCUT2D eigenvalue weighted by atomic mass is 16.3. The molecule has 1 fully saturated rings. The Morgan fingerprint density at radius 2 is 1.93 bits per heavy atom. The Labute approximate surface area is 167 Å². The SMILES string of the molecule is CCCCCc1cc(O)cc(C[C@H]2CCC[C@H]([C@@]3(C)C=CC[C@H](C)C3)C2)c1. The minimum atomic E-state index is 0.403. The maximum atomic E-state index is 10.2. The van der Waals surface area contributed by atoms with Crippen molar-refractivity contribution in [2.75, 3.05) is 0 Å². The van der Waals surface area contributed by atoms with Gasteiger partial charge in [-0.15, -0.1) is 0 Å². The summed E-state index contributed by atoms with van der Waals surface area (Å²) in [4.78, 5) is 0. The molecular formula is C26H40O. The number of aryl methyl sites for hydroxylation is 1. The minimum Gasteiger partial charge on any atom is -0.508 e. The van der Waals surface area contributed by atoms with E-state index in [0.29, 0.717) is 11.2 Å². The molecule has 0 saturated heterocycles. The van der Waals surface area contributed by atoms with Crippen LogP contribution in [0, 0.1) is 23.2 Å². The monoisotopic (exact) mass is 368 g/mol. The average molecular weight is 369 g/mol. The smallest absolute Gasteiger partial charge is 0.116 e. The van der Waals surface area contributed by atoms with Gasteiger partial charge in [0.2, 0.25) is 0 Å². The Bertz CT molecular complexity index is 631. The predicted molar refractivity (Wildman–Crippen MR) is 116 cm³/mol. The van der Waals surface area contributed by atoms with E-state index in [9.17, 15) is 5.11 Å². The highest BCUT2D eigenvalue weighted by Gasteiger charge is 2.37. The predicted octanol–water partition coefficient (Wildman–Crippen LogP) is 7.47. The first-order valence-electron chi connectivity index (χ1n) is 11.5. The summed E-state index contributed by atoms with van der Waals surface area (Å²) in [7, 11) is 0. The fraction of sp³-hybridized carbons (Fsp3) is 0.692. The number of phenols is 1. The van der Waals surface area contributed by atoms with E-state index in [2.05, 4.69) is 39.0 Å². The van der Waals surface area contributed by atoms with Gasteiger partial charge in [0.05, 0.1) is 0 Å². The van der Waals surface area contributed by atoms with Crippen LogP contribution in [0.2, 0.25) is 0 Å². The van der Waals surface area contributed by atoms with Gasteiger partial charge in [0.25, 0.3) is 0 Å². The Kier molecular flexibility index (Phi) is 7.06. The number of allylic oxidation sites excluding steroid dienone is 2. The van der Waals surface area contributed by atoms with E-state index in [-0.39, 0.29) is 0 Å². The van der Waals surface area contributed by atoms with Gasteiger partial charge < -0.3 is 5.11 Å². The second-order valence-electron chi connectivity index (χ2n) is 9.85. The molecule has 1 aromatic carbocycles. The molecular weight excluding hydrogens is 328 g/mol. The van der Waals surface area contributed by atoms with Crippen molar-refractivity contribution in [2.24, 2.45) is 23.2 Å². The first-order chi connectivity index (χ1) is 13.0. The van der Waals surface area contributed by atoms with Crippen LogP contribution < -0.4 is 0 Å². The van der Waals surface area contributed by atoms with Crippen molar-refractivity contribution in [1.82, 2.24) is 0 Å². The molecule has 0 amide bonds. The van der Waals surface area contributed by atoms with Crippen molar-refractivity contribution in [2.45, 2.75) is 91.4 Å². The summed E-state index contributed by atoms with van der Waals surface area (Å²) in [6.07, 6.45) is 19.1. The topological polar surface area (TPSA) is 20.2 Å². The standard InChI is InChI=1S/C26H40O/c1-4-5-6-10-22-15-23(18-25(27)17-22)14-21-11-7-12-24(16-21)26(3)13-8-9-20(2)19-26/h8,13,15,17-18,20-21,24,27H,4-7,9-12,14,16,19H2,1-3H3/t20-,21+,24-,26-/m0/s1. The second kappa shape index (κ2) is 9.30. The molecule has 0 spiro atoms. The average Bonchev–Trinajstić information content (AvgIpc) is 2.61. The van der Waals surface area contributed by atoms with E-state index in [1.165, 1.54) is 68.9 Å². The maximum Gasteiger partial charge on any atom is 0.116 e. The lowest BCUT2D eigenvalue weighted by molar-refractivity contribution is 0.119. The molecule has 0 aromatic heterocycles. The quantitative estimate of drug-likeness (QED) is 0.391. The van der Waals surface area contributed by atoms with Crippen molar-refractivity contribution >= 4 is 0 Å². The molecule has 0 bridgehead atoms. The first kappa shape index (κ1) is 20.5. The van der Waals surface area contributed by atoms with Crippen molar-refractivity contribution in [3.63, 3.8) is 0 Å². The minimum absolute atomic E-state index is 0.403. The normalized spacial score (nSPS) is 31.1. The molecule has 1 saturated carbocycles. The van der Waals surface area contributed by atoms with Crippen molar-refractivity contribution in [3.05, 3.63) is 41.5 Å². The molecule has 1 nitrogen and oxygen atoms in total. The van der Waals surface area contributed by atoms with E-state index in [1.54, 1.807) is 0 Å². The van der Waals surface area contributed by atoms with E-state index < -0.39 is 0 Å². The zero-order valence-corrected chi connectivity index (χ0v) is 17.8. The van der Waals surface area contributed by atoms with Crippen LogP contribution in [0.15, 0.2) is 30.4 Å². The lowest BCUT2D eigenvalue weighted by Crippen LogP contribution is -2.33. The number of rotatable bonds is 7. The van der Waals surface area contributed by atoms with Crippen molar-refractivity contribution in [1.29, 1.82) is 0 Å². The molecule has 1 aromatic rings. The Morgan fingerprint density at radius 1 is 1.11 bits per heavy atom. The van der Waals surface area contributed by atoms with Gasteiger partial charge >= 0.3 is 0 Å². The van der Waals surface area contributed by atoms with Gasteiger partial charge in [-0.3, -0.25) is 0 Å². The van der Waals surface area contributed by atoms with E-state index >= 15 is 0 Å². The summed E-state index contributed by atoms with van der Waals surface area (Å²) < 4.78 is 0. The fourth-order valence-corrected chi connectivity index (χ4v) is 5.77. The zero-order chi connectivity index (χ0) is 19.3. The summed E-state index contributed by atoms with van der Waals surface area (Å²) >= 11 is 0. The summed E-state index contributed by atoms with van der Waals surface area (Å²) in [5.74, 6) is 2.90. The lowest BCUT2D eigenvalue weighted by Gasteiger charge is -2.43. The van der Waals surface area contributed by atoms with Gasteiger partial charge in [-0.05, 0) is 91.4 Å². The molecule has 0 aliphatic heterocycles. The summed E-state index contributed by atoms with van der Waals surface area (Å²) in [6, 6.07) is 6.35. The fourth-order valence-electron chi connectivity index (χ4n) is 5.77. The molecule has 1 N–H and O–H groups in total. The number of phenolic OH excluding ortho intramolecular Hbond substituents is 1. The lowest BCUT2D eigenvalue weighted by atomic mass is 9.61. The molecule has 4 atom stereocenters. The molecule has 150 valence electrons. The van der Waals surface area contributed by atoms with Gasteiger partial charge in [-0.1, -0.05) is 64.7 Å². The molecule has 2 aliphatic rings. The van der Waals surface area contributed by atoms with Crippen LogP contribution in [-0.4, -0.2) is 5.11 Å². The third-order valence-electron chi connectivity index (χ3n) is 7.17. The van der Waals surface area contributed by atoms with Crippen LogP contribution in [0.4, 0.5) is 0 Å². The van der Waals surface area contributed by atoms with E-state index in [1.807, 2.05) is 12.1 Å². The van der Waals surface area contributed by atoms with Gasteiger partial charge in [0.15, 0.2) is 0 Å². The van der Waals surface area contributed by atoms with Crippen LogP contribution in [-0.2, 0) is 12.8 Å². The number of benzene rings is 1. The molecule has 27 heavy (non-hydrogen) atoms. The third kappa shape index (κ3) is 5.62. The number of hydrogen-bond acceptors (Lipinski definition) is 1. The second-order valence-corrected chi connectivity index (χ2v) is 9.85. The van der Waals surface area contributed by atoms with Crippen LogP contribution in [0.1, 0.15) is 89.7 Å². The van der Waals surface area contributed by atoms with Gasteiger partial charge in [0, 0.05) is 0 Å². The summed E-state index contributed by atoms with van der Waals surface area (Å²) in [5, 5.41) is 10.2. The van der Waals surface area contributed by atoms with Crippen molar-refractivity contribution < 1.29 is 5.11 Å². The first-order valence-corrected chi connectivity index (χ1v) is 11.5. The van der Waals surface area contributed by atoms with Crippen molar-refractivity contribution in [3.8, 4) is 5.75 Å². The highest BCUT2D eigenvalue weighted by Crippen LogP contribution is 2.48. The van der Waals surface area contributed by atoms with Gasteiger partial charge in [-0.2, -0.15) is 0 Å². The van der Waals surface area contributed by atoms with Gasteiger partial charge in [0.1, 0.15) is 5.75 Å². The zero-order valence-electron chi connectivity index (χ0n) is 17.8. The number of hydrogen-bond donors (Lipinski definition) is 1. The maximum absolute atomic E-state index is 10.2. The van der Waals surface area contributed by atoms with E-state index in [0.717, 1.165) is 30.6 Å². The molecule has 0 radical (unpaired) electrons. The van der Waals surface area contributed by atoms with Crippen LogP contribution >= 0.6 is 0 Å². The summed E-state index contributed by atoms with van der Waals surface area (Å²) in [6.45, 7) is 7.16. The largest absolute Gasteiger partial charge is 0.508 e. The third-order valence-corrected chi connectivity index (χ3v) is 7.17. The highest BCUT2D eigenvalue weighted by molar-refractivity contribution is 5.34. The molecule has 3 rings (SSSR count). The Hall–Kier alpha value is -1.24. The number of aromatic hydroxyl groups is 1. The van der Waals surface area contributed by atoms with Crippen LogP contribution in [0.3, 0.4) is 0 Å². The van der Waals surface area contributed by atoms with Gasteiger partial charge in [-0.25, -0.2) is 0 Å². The van der Waals surface area contributed by atoms with E-state index in [4.69, 9.17) is 0 Å². The Balaban J connectivity index is 1.63. The molecule has 0 heterocycles. The molecule has 0 unspecified atom stereocenters. The number of unbranched alkanes of at least 4 members (excludes halogenated alkanes) is 2. The van der Waals surface area contributed by atoms with Crippen LogP contribution in [0.5, 0.6) is 5.75 Å². The van der Waals surface area contributed by atoms with Crippen LogP contribution in [0.25, 0.3) is 0 Å². The molecule has 1 heteroatoms. The summed E-state index contributed by atoms with van der Waals surface area (Å²) in [5.41, 5.74) is 3.08.